The second-order valence-corrected chi connectivity index (χ2v) is 9.08. The molecule has 6 nitrogen and oxygen atoms in total. The molecule has 0 bridgehead atoms. The van der Waals surface area contributed by atoms with Gasteiger partial charge in [-0.15, -0.1) is 0 Å². The maximum Gasteiger partial charge on any atom is 0.255 e. The summed E-state index contributed by atoms with van der Waals surface area (Å²) in [7, 11) is -3.89. The van der Waals surface area contributed by atoms with Crippen molar-refractivity contribution in [1.82, 2.24) is 4.72 Å². The molecule has 0 fully saturated rings. The van der Waals surface area contributed by atoms with Gasteiger partial charge in [0.1, 0.15) is 5.75 Å². The monoisotopic (exact) mass is 478 g/mol. The largest absolute Gasteiger partial charge is 0.492 e. The van der Waals surface area contributed by atoms with Gasteiger partial charge in [-0.1, -0.05) is 47.5 Å². The number of ether oxygens (including phenoxy) is 1. The quantitative estimate of drug-likeness (QED) is 0.470. The highest BCUT2D eigenvalue weighted by Crippen LogP contribution is 2.29. The van der Waals surface area contributed by atoms with Gasteiger partial charge >= 0.3 is 0 Å². The third-order valence-electron chi connectivity index (χ3n) is 4.31. The molecule has 31 heavy (non-hydrogen) atoms. The second kappa shape index (κ2) is 10.2. The molecule has 0 spiro atoms. The van der Waals surface area contributed by atoms with Crippen LogP contribution < -0.4 is 14.8 Å². The predicted octanol–water partition coefficient (Wildman–Crippen LogP) is 5.12. The molecule has 0 saturated heterocycles. The number of carbonyl (C=O) groups excluding carboxylic acids is 1. The molecule has 0 saturated carbocycles. The predicted molar refractivity (Wildman–Crippen MR) is 122 cm³/mol. The van der Waals surface area contributed by atoms with Gasteiger partial charge in [0.2, 0.25) is 10.0 Å². The van der Waals surface area contributed by atoms with Gasteiger partial charge in [0, 0.05) is 22.2 Å². The van der Waals surface area contributed by atoms with Gasteiger partial charge in [-0.25, -0.2) is 13.1 Å². The number of hydrogen-bond acceptors (Lipinski definition) is 4. The van der Waals surface area contributed by atoms with Crippen LogP contribution in [0.1, 0.15) is 22.8 Å². The Morgan fingerprint density at radius 3 is 2.42 bits per heavy atom. The maximum absolute atomic E-state index is 12.8. The van der Waals surface area contributed by atoms with Gasteiger partial charge in [-0.2, -0.15) is 0 Å². The molecular weight excluding hydrogens is 459 g/mol. The van der Waals surface area contributed by atoms with Crippen molar-refractivity contribution in [2.24, 2.45) is 0 Å². The summed E-state index contributed by atoms with van der Waals surface area (Å²) in [5.74, 6) is -0.0107. The van der Waals surface area contributed by atoms with Crippen LogP contribution >= 0.6 is 23.2 Å². The minimum atomic E-state index is -3.89. The van der Waals surface area contributed by atoms with E-state index in [1.165, 1.54) is 18.2 Å². The van der Waals surface area contributed by atoms with Crippen molar-refractivity contribution < 1.29 is 17.9 Å². The normalized spacial score (nSPS) is 11.2. The summed E-state index contributed by atoms with van der Waals surface area (Å²) in [5.41, 5.74) is 1.27. The van der Waals surface area contributed by atoms with Crippen LogP contribution in [0.5, 0.6) is 5.75 Å². The number of benzene rings is 3. The van der Waals surface area contributed by atoms with Gasteiger partial charge in [-0.3, -0.25) is 4.79 Å². The van der Waals surface area contributed by atoms with Crippen LogP contribution in [0.4, 0.5) is 5.69 Å². The molecule has 0 unspecified atom stereocenters. The van der Waals surface area contributed by atoms with E-state index in [1.54, 1.807) is 55.5 Å². The first kappa shape index (κ1) is 23.1. The lowest BCUT2D eigenvalue weighted by molar-refractivity contribution is 0.102. The Morgan fingerprint density at radius 1 is 1.00 bits per heavy atom. The first-order valence-corrected chi connectivity index (χ1v) is 11.6. The fraction of sp³-hybridized carbons (Fsp3) is 0.136. The van der Waals surface area contributed by atoms with Crippen molar-refractivity contribution in [2.75, 3.05) is 11.9 Å². The third-order valence-corrected chi connectivity index (χ3v) is 6.30. The summed E-state index contributed by atoms with van der Waals surface area (Å²) < 4.78 is 33.7. The average Bonchev–Trinajstić information content (AvgIpc) is 2.75. The Kier molecular flexibility index (Phi) is 7.56. The maximum atomic E-state index is 12.8. The van der Waals surface area contributed by atoms with Crippen molar-refractivity contribution >= 4 is 44.8 Å². The van der Waals surface area contributed by atoms with Gasteiger partial charge in [0.25, 0.3) is 5.91 Å². The number of anilines is 1. The average molecular weight is 479 g/mol. The van der Waals surface area contributed by atoms with Crippen LogP contribution in [0.3, 0.4) is 0 Å². The van der Waals surface area contributed by atoms with E-state index in [-0.39, 0.29) is 23.0 Å². The molecule has 0 atom stereocenters. The molecule has 0 aromatic heterocycles. The highest BCUT2D eigenvalue weighted by atomic mass is 35.5. The van der Waals surface area contributed by atoms with Gasteiger partial charge in [0.05, 0.1) is 17.2 Å². The molecule has 2 N–H and O–H groups in total. The summed E-state index contributed by atoms with van der Waals surface area (Å²) >= 11 is 12.0. The lowest BCUT2D eigenvalue weighted by Gasteiger charge is -2.14. The number of nitrogens with one attached hydrogen (secondary N) is 2. The topological polar surface area (TPSA) is 84.5 Å². The number of amides is 1. The molecule has 3 aromatic rings. The fourth-order valence-electron chi connectivity index (χ4n) is 2.76. The Labute approximate surface area is 191 Å². The summed E-state index contributed by atoms with van der Waals surface area (Å²) in [6.07, 6.45) is 0. The summed E-state index contributed by atoms with van der Waals surface area (Å²) in [4.78, 5) is 12.5. The lowest BCUT2D eigenvalue weighted by atomic mass is 10.2. The van der Waals surface area contributed by atoms with E-state index in [2.05, 4.69) is 10.0 Å². The van der Waals surface area contributed by atoms with Crippen molar-refractivity contribution in [3.05, 3.63) is 87.9 Å². The van der Waals surface area contributed by atoms with E-state index in [0.29, 0.717) is 33.5 Å². The van der Waals surface area contributed by atoms with E-state index in [0.717, 1.165) is 0 Å². The minimum Gasteiger partial charge on any atom is -0.492 e. The SMILES string of the molecule is CCOc1ccc(S(=O)(=O)NCc2ccc(Cl)cc2Cl)cc1NC(=O)c1ccccc1. The molecule has 1 amide bonds. The highest BCUT2D eigenvalue weighted by Gasteiger charge is 2.19. The van der Waals surface area contributed by atoms with Crippen molar-refractivity contribution in [1.29, 1.82) is 0 Å². The van der Waals surface area contributed by atoms with Gasteiger partial charge in [-0.05, 0) is 55.0 Å². The number of rotatable bonds is 8. The summed E-state index contributed by atoms with van der Waals surface area (Å²) in [6.45, 7) is 2.13. The molecule has 0 radical (unpaired) electrons. The first-order valence-electron chi connectivity index (χ1n) is 9.37. The van der Waals surface area contributed by atoms with Crippen molar-refractivity contribution in [3.63, 3.8) is 0 Å². The van der Waals surface area contributed by atoms with Gasteiger partial charge < -0.3 is 10.1 Å². The zero-order valence-electron chi connectivity index (χ0n) is 16.6. The minimum absolute atomic E-state index is 0.0166. The summed E-state index contributed by atoms with van der Waals surface area (Å²) in [6, 6.07) is 17.7. The standard InChI is InChI=1S/C22H20Cl2N2O4S/c1-2-30-21-11-10-18(13-20(21)26-22(27)15-6-4-3-5-7-15)31(28,29)25-14-16-8-9-17(23)12-19(16)24/h3-13,25H,2,14H2,1H3,(H,26,27). The van der Waals surface area contributed by atoms with Crippen LogP contribution in [-0.2, 0) is 16.6 Å². The van der Waals surface area contributed by atoms with Gasteiger partial charge in [0.15, 0.2) is 0 Å². The molecule has 162 valence electrons. The van der Waals surface area contributed by atoms with E-state index < -0.39 is 10.0 Å². The Bertz CT molecular complexity index is 1190. The molecule has 3 aromatic carbocycles. The number of carbonyl (C=O) groups is 1. The zero-order valence-corrected chi connectivity index (χ0v) is 18.9. The van der Waals surface area contributed by atoms with Crippen LogP contribution in [0.2, 0.25) is 10.0 Å². The van der Waals surface area contributed by atoms with Crippen LogP contribution in [0, 0.1) is 0 Å². The van der Waals surface area contributed by atoms with E-state index in [4.69, 9.17) is 27.9 Å². The molecule has 3 rings (SSSR count). The first-order chi connectivity index (χ1) is 14.8. The summed E-state index contributed by atoms with van der Waals surface area (Å²) in [5, 5.41) is 3.54. The smallest absolute Gasteiger partial charge is 0.255 e. The zero-order chi connectivity index (χ0) is 22.4. The number of sulfonamides is 1. The fourth-order valence-corrected chi connectivity index (χ4v) is 4.27. The lowest BCUT2D eigenvalue weighted by Crippen LogP contribution is -2.23. The van der Waals surface area contributed by atoms with Crippen molar-refractivity contribution in [2.45, 2.75) is 18.4 Å². The van der Waals surface area contributed by atoms with Crippen LogP contribution in [0.15, 0.2) is 71.6 Å². The molecule has 0 aliphatic heterocycles. The van der Waals surface area contributed by atoms with Crippen molar-refractivity contribution in [3.8, 4) is 5.75 Å². The van der Waals surface area contributed by atoms with Crippen LogP contribution in [-0.4, -0.2) is 20.9 Å². The molecule has 0 heterocycles. The Morgan fingerprint density at radius 2 is 1.74 bits per heavy atom. The third kappa shape index (κ3) is 5.98. The number of hydrogen-bond donors (Lipinski definition) is 2. The van der Waals surface area contributed by atoms with E-state index in [9.17, 15) is 13.2 Å². The number of halogens is 2. The van der Waals surface area contributed by atoms with Crippen LogP contribution in [0.25, 0.3) is 0 Å². The van der Waals surface area contributed by atoms with E-state index in [1.807, 2.05) is 0 Å². The second-order valence-electron chi connectivity index (χ2n) is 6.47. The highest BCUT2D eigenvalue weighted by molar-refractivity contribution is 7.89. The Balaban J connectivity index is 1.84. The molecule has 0 aliphatic rings. The molecular formula is C22H20Cl2N2O4S. The molecule has 9 heteroatoms. The van der Waals surface area contributed by atoms with E-state index >= 15 is 0 Å². The molecule has 0 aliphatic carbocycles. The Hall–Kier alpha value is -2.58.